The zero-order valence-corrected chi connectivity index (χ0v) is 25.0. The topological polar surface area (TPSA) is 79.3 Å². The quantitative estimate of drug-likeness (QED) is 0.343. The van der Waals surface area contributed by atoms with Crippen LogP contribution in [0.25, 0.3) is 0 Å². The molecule has 0 bridgehead atoms. The lowest BCUT2D eigenvalue weighted by Gasteiger charge is -2.31. The molecular weight excluding hydrogens is 527 g/mol. The Morgan fingerprint density at radius 1 is 1.12 bits per heavy atom. The Labute approximate surface area is 237 Å². The van der Waals surface area contributed by atoms with Gasteiger partial charge in [0.25, 0.3) is 5.91 Å². The summed E-state index contributed by atoms with van der Waals surface area (Å²) >= 11 is 0. The molecule has 1 spiro atoms. The second-order valence-corrected chi connectivity index (χ2v) is 15.7. The molecular formula is C31H41FN2O5Si. The molecule has 9 heteroatoms. The number of nitrogens with zero attached hydrogens (tertiary/aromatic N) is 2. The number of ether oxygens (including phenoxy) is 2. The first-order valence-electron chi connectivity index (χ1n) is 14.5. The molecule has 0 radical (unpaired) electrons. The summed E-state index contributed by atoms with van der Waals surface area (Å²) < 4.78 is 27.9. The van der Waals surface area contributed by atoms with Gasteiger partial charge in [-0.05, 0) is 68.3 Å². The normalized spacial score (nSPS) is 27.2. The van der Waals surface area contributed by atoms with Crippen LogP contribution in [0.2, 0.25) is 18.6 Å². The van der Waals surface area contributed by atoms with Crippen LogP contribution in [0.1, 0.15) is 56.6 Å². The van der Waals surface area contributed by atoms with Crippen LogP contribution in [0, 0.1) is 5.92 Å². The van der Waals surface area contributed by atoms with Crippen molar-refractivity contribution < 1.29 is 28.3 Å². The van der Waals surface area contributed by atoms with E-state index in [0.29, 0.717) is 30.0 Å². The van der Waals surface area contributed by atoms with E-state index in [9.17, 15) is 14.7 Å². The Kier molecular flexibility index (Phi) is 8.10. The van der Waals surface area contributed by atoms with Gasteiger partial charge in [0, 0.05) is 42.3 Å². The number of carbonyl (C=O) groups excluding carboxylic acids is 2. The smallest absolute Gasteiger partial charge is 0.264 e. The van der Waals surface area contributed by atoms with Gasteiger partial charge >= 0.3 is 0 Å². The molecule has 2 aromatic rings. The largest absolute Gasteiger partial charge is 0.497 e. The van der Waals surface area contributed by atoms with E-state index in [1.54, 1.807) is 25.1 Å². The summed E-state index contributed by atoms with van der Waals surface area (Å²) in [5, 5.41) is 9.77. The van der Waals surface area contributed by atoms with Gasteiger partial charge < -0.3 is 28.5 Å². The van der Waals surface area contributed by atoms with Crippen molar-refractivity contribution in [3.63, 3.8) is 0 Å². The highest BCUT2D eigenvalue weighted by molar-refractivity contribution is 6.72. The monoisotopic (exact) mass is 568 g/mol. The summed E-state index contributed by atoms with van der Waals surface area (Å²) in [6.45, 7) is 6.06. The maximum absolute atomic E-state index is 15.7. The summed E-state index contributed by atoms with van der Waals surface area (Å²) in [7, 11) is -1.69. The van der Waals surface area contributed by atoms with Gasteiger partial charge in [0.2, 0.25) is 14.3 Å². The molecule has 1 N–H and O–H groups in total. The minimum atomic E-state index is -3.27. The third-order valence-corrected chi connectivity index (χ3v) is 11.4. The van der Waals surface area contributed by atoms with Crippen LogP contribution in [0.4, 0.5) is 15.5 Å². The molecule has 2 saturated heterocycles. The SMILES string of the molecule is COc1ccc2c(c1)[C@@]1(O[C@H](CCO)[C@@H]([Si](C)(C)F)[C@@H]1C)C(=O)N2Cc1cccc(N2CCCCCCC2=O)c1. The number of methoxy groups -OCH3 is 1. The summed E-state index contributed by atoms with van der Waals surface area (Å²) in [5.41, 5.74) is 1.33. The Balaban J connectivity index is 1.53. The first-order chi connectivity index (χ1) is 19.1. The molecule has 7 nitrogen and oxygen atoms in total. The fraction of sp³-hybridized carbons (Fsp3) is 0.548. The first-order valence-corrected chi connectivity index (χ1v) is 17.4. The number of anilines is 2. The van der Waals surface area contributed by atoms with E-state index < -0.39 is 31.6 Å². The molecule has 0 saturated carbocycles. The second kappa shape index (κ2) is 11.3. The van der Waals surface area contributed by atoms with Crippen molar-refractivity contribution in [2.45, 2.75) is 82.3 Å². The maximum Gasteiger partial charge on any atom is 0.264 e. The third kappa shape index (κ3) is 4.97. The molecule has 3 aliphatic rings. The molecule has 3 aliphatic heterocycles. The van der Waals surface area contributed by atoms with Crippen molar-refractivity contribution in [3.8, 4) is 5.75 Å². The number of halogens is 1. The van der Waals surface area contributed by atoms with Crippen LogP contribution in [-0.2, 0) is 26.5 Å². The number of hydrogen-bond acceptors (Lipinski definition) is 5. The minimum Gasteiger partial charge on any atom is -0.497 e. The first kappa shape index (κ1) is 28.8. The standard InChI is InChI=1S/C31H41FN2O5Si/c1-21-29(40(3,4)32)27(15-17-35)39-31(21)25-19-24(38-2)13-14-26(25)34(30(31)37)20-22-10-9-11-23(18-22)33-16-8-6-5-7-12-28(33)36/h9-11,13-14,18-19,21,27,29,35H,5-8,12,15-17,20H2,1-4H3/t21-,27+,29-,31+/m0/s1. The van der Waals surface area contributed by atoms with E-state index in [4.69, 9.17) is 9.47 Å². The van der Waals surface area contributed by atoms with Gasteiger partial charge in [-0.15, -0.1) is 0 Å². The summed E-state index contributed by atoms with van der Waals surface area (Å²) in [4.78, 5) is 31.0. The number of aliphatic hydroxyl groups excluding tert-OH is 1. The average Bonchev–Trinajstić information content (AvgIpc) is 3.33. The van der Waals surface area contributed by atoms with E-state index in [2.05, 4.69) is 0 Å². The van der Waals surface area contributed by atoms with Crippen molar-refractivity contribution in [2.75, 3.05) is 30.1 Å². The van der Waals surface area contributed by atoms with E-state index in [1.807, 2.05) is 54.3 Å². The molecule has 0 aliphatic carbocycles. The summed E-state index contributed by atoms with van der Waals surface area (Å²) in [6.07, 6.45) is 4.35. The number of hydrogen-bond donors (Lipinski definition) is 1. The molecule has 216 valence electrons. The highest BCUT2D eigenvalue weighted by Crippen LogP contribution is 2.60. The maximum atomic E-state index is 15.7. The predicted octanol–water partition coefficient (Wildman–Crippen LogP) is 5.70. The molecule has 5 rings (SSSR count). The Hall–Kier alpha value is -2.75. The predicted molar refractivity (Wildman–Crippen MR) is 156 cm³/mol. The van der Waals surface area contributed by atoms with E-state index in [-0.39, 0.29) is 31.4 Å². The number of rotatable bonds is 7. The van der Waals surface area contributed by atoms with Gasteiger partial charge in [-0.1, -0.05) is 31.9 Å². The molecule has 3 heterocycles. The van der Waals surface area contributed by atoms with Gasteiger partial charge in [0.1, 0.15) is 5.75 Å². The third-order valence-electron chi connectivity index (χ3n) is 8.97. The lowest BCUT2D eigenvalue weighted by Crippen LogP contribution is -2.45. The molecule has 2 fully saturated rings. The minimum absolute atomic E-state index is 0.137. The number of fused-ring (bicyclic) bond motifs is 2. The van der Waals surface area contributed by atoms with Crippen molar-refractivity contribution in [2.24, 2.45) is 5.92 Å². The molecule has 0 unspecified atom stereocenters. The van der Waals surface area contributed by atoms with Crippen LogP contribution in [-0.4, -0.2) is 51.7 Å². The lowest BCUT2D eigenvalue weighted by atomic mass is 9.82. The summed E-state index contributed by atoms with van der Waals surface area (Å²) in [5.74, 6) is 0.0847. The highest BCUT2D eigenvalue weighted by atomic mass is 28.4. The van der Waals surface area contributed by atoms with Crippen LogP contribution >= 0.6 is 0 Å². The van der Waals surface area contributed by atoms with E-state index in [1.165, 1.54) is 0 Å². The van der Waals surface area contributed by atoms with Crippen molar-refractivity contribution in [1.29, 1.82) is 0 Å². The van der Waals surface area contributed by atoms with Gasteiger partial charge in [-0.2, -0.15) is 0 Å². The average molecular weight is 569 g/mol. The Bertz CT molecular complexity index is 1270. The van der Waals surface area contributed by atoms with Crippen molar-refractivity contribution >= 4 is 31.6 Å². The van der Waals surface area contributed by atoms with Crippen molar-refractivity contribution in [1.82, 2.24) is 0 Å². The second-order valence-electron chi connectivity index (χ2n) is 11.9. The Morgan fingerprint density at radius 3 is 2.62 bits per heavy atom. The fourth-order valence-corrected chi connectivity index (χ4v) is 9.69. The molecule has 0 aromatic heterocycles. The van der Waals surface area contributed by atoms with Crippen molar-refractivity contribution in [3.05, 3.63) is 53.6 Å². The number of amides is 2. The van der Waals surface area contributed by atoms with Crippen LogP contribution in [0.3, 0.4) is 0 Å². The molecule has 4 atom stereocenters. The lowest BCUT2D eigenvalue weighted by molar-refractivity contribution is -0.146. The van der Waals surface area contributed by atoms with Crippen LogP contribution in [0.15, 0.2) is 42.5 Å². The van der Waals surface area contributed by atoms with E-state index >= 15 is 4.11 Å². The molecule has 40 heavy (non-hydrogen) atoms. The van der Waals surface area contributed by atoms with Crippen LogP contribution < -0.4 is 14.5 Å². The van der Waals surface area contributed by atoms with Crippen LogP contribution in [0.5, 0.6) is 5.75 Å². The zero-order chi connectivity index (χ0) is 28.7. The van der Waals surface area contributed by atoms with Gasteiger partial charge in [-0.3, -0.25) is 9.59 Å². The fourth-order valence-electron chi connectivity index (χ4n) is 7.15. The number of aliphatic hydroxyl groups is 1. The summed E-state index contributed by atoms with van der Waals surface area (Å²) in [6, 6.07) is 13.4. The molecule has 2 aromatic carbocycles. The number of carbonyl (C=O) groups is 2. The van der Waals surface area contributed by atoms with Gasteiger partial charge in [-0.25, -0.2) is 0 Å². The Morgan fingerprint density at radius 2 is 1.90 bits per heavy atom. The highest BCUT2D eigenvalue weighted by Gasteiger charge is 2.66. The zero-order valence-electron chi connectivity index (χ0n) is 24.0. The number of benzene rings is 2. The van der Waals surface area contributed by atoms with E-state index in [0.717, 1.165) is 36.9 Å². The van der Waals surface area contributed by atoms with Gasteiger partial charge in [0.05, 0.1) is 25.4 Å². The van der Waals surface area contributed by atoms with Gasteiger partial charge in [0.15, 0.2) is 5.60 Å². The molecule has 2 amide bonds.